The van der Waals surface area contributed by atoms with Gasteiger partial charge in [-0.2, -0.15) is 5.10 Å². The minimum Gasteiger partial charge on any atom is -0.496 e. The van der Waals surface area contributed by atoms with Crippen molar-refractivity contribution < 1.29 is 14.1 Å². The Hall–Kier alpha value is -3.61. The number of methoxy groups -OCH3 is 1. The lowest BCUT2D eigenvalue weighted by Gasteiger charge is -2.05. The molecule has 0 saturated heterocycles. The number of hydrogen-bond acceptors (Lipinski definition) is 6. The molecule has 3 rings (SSSR count). The molecule has 7 heteroatoms. The monoisotopic (exact) mass is 337 g/mol. The van der Waals surface area contributed by atoms with Gasteiger partial charge in [-0.25, -0.2) is 0 Å². The largest absolute Gasteiger partial charge is 0.496 e. The van der Waals surface area contributed by atoms with Gasteiger partial charge in [-0.1, -0.05) is 18.2 Å². The van der Waals surface area contributed by atoms with Gasteiger partial charge in [-0.15, -0.1) is 0 Å². The third-order valence-electron chi connectivity index (χ3n) is 3.45. The highest BCUT2D eigenvalue weighted by atomic mass is 16.6. The smallest absolute Gasteiger partial charge is 0.270 e. The van der Waals surface area contributed by atoms with E-state index in [0.717, 1.165) is 5.69 Å². The maximum absolute atomic E-state index is 11.0. The second-order valence-electron chi connectivity index (χ2n) is 5.08. The van der Waals surface area contributed by atoms with E-state index in [9.17, 15) is 10.1 Å². The fourth-order valence-corrected chi connectivity index (χ4v) is 2.25. The van der Waals surface area contributed by atoms with Crippen LogP contribution in [0.4, 0.5) is 11.4 Å². The summed E-state index contributed by atoms with van der Waals surface area (Å²) in [7, 11) is 1.50. The van der Waals surface area contributed by atoms with Gasteiger partial charge < -0.3 is 9.15 Å². The second kappa shape index (κ2) is 7.31. The van der Waals surface area contributed by atoms with Gasteiger partial charge in [0.05, 0.1) is 29.5 Å². The molecule has 1 aromatic heterocycles. The zero-order valence-corrected chi connectivity index (χ0v) is 13.4. The highest BCUT2D eigenvalue weighted by molar-refractivity contribution is 5.79. The van der Waals surface area contributed by atoms with Crippen LogP contribution >= 0.6 is 0 Å². The Morgan fingerprint density at radius 2 is 1.96 bits per heavy atom. The van der Waals surface area contributed by atoms with Crippen molar-refractivity contribution in [2.45, 2.75) is 0 Å². The topological polar surface area (TPSA) is 89.9 Å². The van der Waals surface area contributed by atoms with Crippen molar-refractivity contribution in [3.8, 4) is 17.1 Å². The van der Waals surface area contributed by atoms with E-state index < -0.39 is 4.92 Å². The summed E-state index contributed by atoms with van der Waals surface area (Å²) in [6, 6.07) is 17.3. The number of non-ortho nitro benzene ring substituents is 1. The molecular formula is C18H15N3O4. The van der Waals surface area contributed by atoms with E-state index in [1.807, 2.05) is 30.3 Å². The predicted octanol–water partition coefficient (Wildman–Crippen LogP) is 4.31. The highest BCUT2D eigenvalue weighted by Crippen LogP contribution is 2.34. The lowest BCUT2D eigenvalue weighted by atomic mass is 10.1. The van der Waals surface area contributed by atoms with E-state index in [1.54, 1.807) is 18.2 Å². The number of nitrogens with one attached hydrogen (secondary N) is 1. The van der Waals surface area contributed by atoms with Crippen molar-refractivity contribution in [1.29, 1.82) is 0 Å². The lowest BCUT2D eigenvalue weighted by Crippen LogP contribution is -1.92. The van der Waals surface area contributed by atoms with E-state index in [1.165, 1.54) is 25.5 Å². The van der Waals surface area contributed by atoms with Crippen LogP contribution in [0.3, 0.4) is 0 Å². The molecule has 0 aliphatic heterocycles. The molecule has 0 aliphatic carbocycles. The normalized spacial score (nSPS) is 10.8. The highest BCUT2D eigenvalue weighted by Gasteiger charge is 2.15. The number of hydrogen-bond donors (Lipinski definition) is 1. The van der Waals surface area contributed by atoms with Gasteiger partial charge >= 0.3 is 0 Å². The zero-order chi connectivity index (χ0) is 17.6. The Balaban J connectivity index is 1.81. The molecule has 0 spiro atoms. The molecule has 0 saturated carbocycles. The van der Waals surface area contributed by atoms with Gasteiger partial charge in [0.15, 0.2) is 0 Å². The third kappa shape index (κ3) is 3.84. The number of benzene rings is 2. The molecule has 1 N–H and O–H groups in total. The number of rotatable bonds is 6. The number of ether oxygens (including phenoxy) is 1. The molecular weight excluding hydrogens is 322 g/mol. The molecule has 7 nitrogen and oxygen atoms in total. The summed E-state index contributed by atoms with van der Waals surface area (Å²) in [6.07, 6.45) is 1.53. The van der Waals surface area contributed by atoms with Crippen molar-refractivity contribution in [2.24, 2.45) is 5.10 Å². The van der Waals surface area contributed by atoms with E-state index in [0.29, 0.717) is 22.8 Å². The van der Waals surface area contributed by atoms with Gasteiger partial charge in [-0.3, -0.25) is 15.5 Å². The number of hydrazone groups is 1. The molecule has 0 unspecified atom stereocenters. The van der Waals surface area contributed by atoms with Crippen molar-refractivity contribution in [2.75, 3.05) is 12.5 Å². The number of para-hydroxylation sites is 1. The molecule has 1 heterocycles. The molecule has 0 radical (unpaired) electrons. The van der Waals surface area contributed by atoms with E-state index >= 15 is 0 Å². The Morgan fingerprint density at radius 1 is 1.16 bits per heavy atom. The quantitative estimate of drug-likeness (QED) is 0.411. The summed E-state index contributed by atoms with van der Waals surface area (Å²) in [5, 5.41) is 15.1. The fourth-order valence-electron chi connectivity index (χ4n) is 2.25. The van der Waals surface area contributed by atoms with Crippen LogP contribution in [0.1, 0.15) is 5.76 Å². The van der Waals surface area contributed by atoms with Crippen LogP contribution in [-0.4, -0.2) is 18.2 Å². The zero-order valence-electron chi connectivity index (χ0n) is 13.4. The SMILES string of the molecule is COc1ccc([N+](=O)[O-])cc1-c1ccc(/C=N\Nc2ccccc2)o1. The van der Waals surface area contributed by atoms with E-state index in [-0.39, 0.29) is 5.69 Å². The predicted molar refractivity (Wildman–Crippen MR) is 95.0 cm³/mol. The first-order valence-electron chi connectivity index (χ1n) is 7.44. The Kier molecular flexibility index (Phi) is 4.75. The summed E-state index contributed by atoms with van der Waals surface area (Å²) >= 11 is 0. The van der Waals surface area contributed by atoms with Crippen LogP contribution < -0.4 is 10.2 Å². The summed E-state index contributed by atoms with van der Waals surface area (Å²) < 4.78 is 10.9. The minimum absolute atomic E-state index is 0.0341. The maximum atomic E-state index is 11.0. The average Bonchev–Trinajstić information content (AvgIpc) is 3.10. The molecule has 0 aliphatic rings. The summed E-state index contributed by atoms with van der Waals surface area (Å²) in [4.78, 5) is 10.5. The first-order chi connectivity index (χ1) is 12.2. The number of furan rings is 1. The average molecular weight is 337 g/mol. The van der Waals surface area contributed by atoms with Crippen molar-refractivity contribution in [1.82, 2.24) is 0 Å². The Bertz CT molecular complexity index is 904. The van der Waals surface area contributed by atoms with Crippen LogP contribution in [0.15, 0.2) is 70.2 Å². The van der Waals surface area contributed by atoms with Crippen molar-refractivity contribution in [3.63, 3.8) is 0 Å². The summed E-state index contributed by atoms with van der Waals surface area (Å²) in [5.74, 6) is 1.46. The van der Waals surface area contributed by atoms with Crippen molar-refractivity contribution in [3.05, 3.63) is 76.5 Å². The minimum atomic E-state index is -0.460. The number of anilines is 1. The van der Waals surface area contributed by atoms with Gasteiger partial charge in [0.25, 0.3) is 5.69 Å². The molecule has 3 aromatic rings. The van der Waals surface area contributed by atoms with Crippen LogP contribution in [0.5, 0.6) is 5.75 Å². The second-order valence-corrected chi connectivity index (χ2v) is 5.08. The number of nitro benzene ring substituents is 1. The molecule has 0 amide bonds. The lowest BCUT2D eigenvalue weighted by molar-refractivity contribution is -0.384. The first-order valence-corrected chi connectivity index (χ1v) is 7.44. The molecule has 2 aromatic carbocycles. The number of nitrogens with zero attached hydrogens (tertiary/aromatic N) is 2. The van der Waals surface area contributed by atoms with Gasteiger partial charge in [0.1, 0.15) is 17.3 Å². The molecule has 126 valence electrons. The van der Waals surface area contributed by atoms with Gasteiger partial charge in [0, 0.05) is 12.1 Å². The number of nitro groups is 1. The standard InChI is InChI=1S/C18H15N3O4/c1-24-17-9-7-14(21(22)23)11-16(17)18-10-8-15(25-18)12-19-20-13-5-3-2-4-6-13/h2-12,20H,1H3/b19-12-. The van der Waals surface area contributed by atoms with Crippen LogP contribution in [-0.2, 0) is 0 Å². The fraction of sp³-hybridized carbons (Fsp3) is 0.0556. The van der Waals surface area contributed by atoms with Crippen LogP contribution in [0.25, 0.3) is 11.3 Å². The Morgan fingerprint density at radius 3 is 2.68 bits per heavy atom. The molecule has 25 heavy (non-hydrogen) atoms. The summed E-state index contributed by atoms with van der Waals surface area (Å²) in [6.45, 7) is 0. The van der Waals surface area contributed by atoms with Gasteiger partial charge in [0.2, 0.25) is 0 Å². The molecule has 0 fully saturated rings. The van der Waals surface area contributed by atoms with Gasteiger partial charge in [-0.05, 0) is 30.3 Å². The van der Waals surface area contributed by atoms with Crippen LogP contribution in [0.2, 0.25) is 0 Å². The summed E-state index contributed by atoms with van der Waals surface area (Å²) in [5.41, 5.74) is 4.21. The Labute approximate surface area is 143 Å². The van der Waals surface area contributed by atoms with Crippen LogP contribution in [0, 0.1) is 10.1 Å². The van der Waals surface area contributed by atoms with E-state index in [2.05, 4.69) is 10.5 Å². The molecule has 0 bridgehead atoms. The van der Waals surface area contributed by atoms with Crippen molar-refractivity contribution >= 4 is 17.6 Å². The molecule has 0 atom stereocenters. The maximum Gasteiger partial charge on any atom is 0.270 e. The van der Waals surface area contributed by atoms with E-state index in [4.69, 9.17) is 9.15 Å². The first kappa shape index (κ1) is 16.3. The third-order valence-corrected chi connectivity index (χ3v) is 3.45.